The topological polar surface area (TPSA) is 58.2 Å². The van der Waals surface area contributed by atoms with Crippen LogP contribution in [0.2, 0.25) is 0 Å². The van der Waals surface area contributed by atoms with Crippen molar-refractivity contribution in [1.29, 1.82) is 0 Å². The van der Waals surface area contributed by atoms with Crippen molar-refractivity contribution in [1.82, 2.24) is 0 Å². The molecule has 2 rings (SSSR count). The lowest BCUT2D eigenvalue weighted by Crippen LogP contribution is -2.29. The maximum Gasteiger partial charge on any atom is 0.314 e. The predicted octanol–water partition coefficient (Wildman–Crippen LogP) is 4.06. The van der Waals surface area contributed by atoms with Gasteiger partial charge in [0, 0.05) is 20.7 Å². The maximum absolute atomic E-state index is 11.9. The van der Waals surface area contributed by atoms with Gasteiger partial charge in [0.1, 0.15) is 0 Å². The molecule has 0 aliphatic carbocycles. The molecule has 0 saturated heterocycles. The molecule has 2 N–H and O–H groups in total. The Labute approximate surface area is 141 Å². The van der Waals surface area contributed by atoms with Crippen LogP contribution in [0.1, 0.15) is 5.56 Å². The van der Waals surface area contributed by atoms with Gasteiger partial charge in [-0.3, -0.25) is 9.59 Å². The first-order valence-electron chi connectivity index (χ1n) is 6.52. The van der Waals surface area contributed by atoms with Crippen LogP contribution in [0.25, 0.3) is 0 Å². The summed E-state index contributed by atoms with van der Waals surface area (Å²) in [5.74, 6) is -1.39. The van der Waals surface area contributed by atoms with Gasteiger partial charge in [-0.15, -0.1) is 11.8 Å². The maximum atomic E-state index is 11.9. The third kappa shape index (κ3) is 4.35. The minimum atomic E-state index is -0.698. The Morgan fingerprint density at radius 2 is 1.64 bits per heavy atom. The van der Waals surface area contributed by atoms with Gasteiger partial charge in [-0.2, -0.15) is 0 Å². The Morgan fingerprint density at radius 3 is 2.23 bits per heavy atom. The molecular formula is C16H15BrN2O2S. The zero-order valence-corrected chi connectivity index (χ0v) is 14.5. The first-order valence-corrected chi connectivity index (χ1v) is 8.54. The molecule has 0 radical (unpaired) electrons. The van der Waals surface area contributed by atoms with Crippen molar-refractivity contribution in [2.24, 2.45) is 0 Å². The van der Waals surface area contributed by atoms with Gasteiger partial charge in [-0.25, -0.2) is 0 Å². The molecule has 4 nitrogen and oxygen atoms in total. The molecule has 2 aromatic rings. The molecule has 0 saturated carbocycles. The van der Waals surface area contributed by atoms with E-state index >= 15 is 0 Å². The summed E-state index contributed by atoms with van der Waals surface area (Å²) in [6.07, 6.45) is 1.95. The van der Waals surface area contributed by atoms with Crippen molar-refractivity contribution in [3.63, 3.8) is 0 Å². The van der Waals surface area contributed by atoms with Gasteiger partial charge in [-0.05, 0) is 55.1 Å². The highest BCUT2D eigenvalue weighted by Gasteiger charge is 2.14. The summed E-state index contributed by atoms with van der Waals surface area (Å²) in [5.41, 5.74) is 2.16. The van der Waals surface area contributed by atoms with Crippen LogP contribution in [-0.2, 0) is 9.59 Å². The highest BCUT2D eigenvalue weighted by molar-refractivity contribution is 9.10. The fourth-order valence-corrected chi connectivity index (χ4v) is 2.51. The van der Waals surface area contributed by atoms with Gasteiger partial charge >= 0.3 is 11.8 Å². The number of thioether (sulfide) groups is 1. The van der Waals surface area contributed by atoms with Gasteiger partial charge in [0.25, 0.3) is 0 Å². The van der Waals surface area contributed by atoms with Crippen LogP contribution >= 0.6 is 27.7 Å². The molecule has 0 aliphatic rings. The highest BCUT2D eigenvalue weighted by Crippen LogP contribution is 2.21. The van der Waals surface area contributed by atoms with Crippen molar-refractivity contribution in [2.45, 2.75) is 11.8 Å². The molecule has 2 aromatic carbocycles. The number of halogens is 1. The third-order valence-electron chi connectivity index (χ3n) is 2.95. The lowest BCUT2D eigenvalue weighted by atomic mass is 10.2. The number of benzene rings is 2. The number of carbonyl (C=O) groups excluding carboxylic acids is 2. The average molecular weight is 379 g/mol. The van der Waals surface area contributed by atoms with Gasteiger partial charge in [-0.1, -0.05) is 22.0 Å². The van der Waals surface area contributed by atoms with Crippen LogP contribution in [-0.4, -0.2) is 18.1 Å². The average Bonchev–Trinajstić information content (AvgIpc) is 2.51. The zero-order valence-electron chi connectivity index (χ0n) is 12.1. The molecule has 2 amide bonds. The van der Waals surface area contributed by atoms with E-state index in [-0.39, 0.29) is 0 Å². The summed E-state index contributed by atoms with van der Waals surface area (Å²) in [6, 6.07) is 12.7. The van der Waals surface area contributed by atoms with E-state index in [9.17, 15) is 9.59 Å². The van der Waals surface area contributed by atoms with Crippen molar-refractivity contribution < 1.29 is 9.59 Å². The third-order valence-corrected chi connectivity index (χ3v) is 4.56. The Balaban J connectivity index is 2.02. The molecule has 6 heteroatoms. The standard InChI is InChI=1S/C16H15BrN2O2S/c1-10-8-12(6-7-14(10)17)19-16(21)15(20)18-11-4-3-5-13(9-11)22-2/h3-9H,1-2H3,(H,18,20)(H,19,21). The summed E-state index contributed by atoms with van der Waals surface area (Å²) < 4.78 is 0.948. The molecule has 0 bridgehead atoms. The van der Waals surface area contributed by atoms with Crippen LogP contribution < -0.4 is 10.6 Å². The highest BCUT2D eigenvalue weighted by atomic mass is 79.9. The summed E-state index contributed by atoms with van der Waals surface area (Å²) in [5, 5.41) is 5.17. The van der Waals surface area contributed by atoms with E-state index in [2.05, 4.69) is 26.6 Å². The molecular weight excluding hydrogens is 364 g/mol. The van der Waals surface area contributed by atoms with Gasteiger partial charge in [0.15, 0.2) is 0 Å². The quantitative estimate of drug-likeness (QED) is 0.625. The molecule has 0 aromatic heterocycles. The van der Waals surface area contributed by atoms with Crippen LogP contribution in [0.4, 0.5) is 11.4 Å². The second-order valence-corrected chi connectivity index (χ2v) is 6.34. The second-order valence-electron chi connectivity index (χ2n) is 4.60. The van der Waals surface area contributed by atoms with Crippen molar-refractivity contribution >= 4 is 50.9 Å². The molecule has 0 unspecified atom stereocenters. The summed E-state index contributed by atoms with van der Waals surface area (Å²) in [6.45, 7) is 1.91. The smallest absolute Gasteiger partial charge is 0.314 e. The lowest BCUT2D eigenvalue weighted by Gasteiger charge is -2.08. The van der Waals surface area contributed by atoms with E-state index in [0.717, 1.165) is 14.9 Å². The lowest BCUT2D eigenvalue weighted by molar-refractivity contribution is -0.133. The largest absolute Gasteiger partial charge is 0.318 e. The zero-order chi connectivity index (χ0) is 16.1. The molecule has 0 aliphatic heterocycles. The van der Waals surface area contributed by atoms with Gasteiger partial charge < -0.3 is 10.6 Å². The fraction of sp³-hybridized carbons (Fsp3) is 0.125. The van der Waals surface area contributed by atoms with E-state index < -0.39 is 11.8 Å². The molecule has 0 atom stereocenters. The number of anilines is 2. The predicted molar refractivity (Wildman–Crippen MR) is 94.4 cm³/mol. The minimum Gasteiger partial charge on any atom is -0.318 e. The summed E-state index contributed by atoms with van der Waals surface area (Å²) in [4.78, 5) is 24.9. The van der Waals surface area contributed by atoms with Crippen LogP contribution in [0.3, 0.4) is 0 Å². The normalized spacial score (nSPS) is 10.1. The van der Waals surface area contributed by atoms with E-state index in [1.54, 1.807) is 30.0 Å². The molecule has 114 valence electrons. The number of nitrogens with one attached hydrogen (secondary N) is 2. The molecule has 22 heavy (non-hydrogen) atoms. The number of rotatable bonds is 3. The van der Waals surface area contributed by atoms with E-state index in [1.165, 1.54) is 0 Å². The van der Waals surface area contributed by atoms with Gasteiger partial charge in [0.2, 0.25) is 0 Å². The first kappa shape index (κ1) is 16.6. The second kappa shape index (κ2) is 7.47. The molecule has 0 fully saturated rings. The Hall–Kier alpha value is -1.79. The first-order chi connectivity index (χ1) is 10.5. The number of hydrogen-bond donors (Lipinski definition) is 2. The Bertz CT molecular complexity index is 719. The minimum absolute atomic E-state index is 0.582. The SMILES string of the molecule is CSc1cccc(NC(=O)C(=O)Nc2ccc(Br)c(C)c2)c1. The van der Waals surface area contributed by atoms with Crippen molar-refractivity contribution in [2.75, 3.05) is 16.9 Å². The van der Waals surface area contributed by atoms with E-state index in [0.29, 0.717) is 11.4 Å². The van der Waals surface area contributed by atoms with Crippen LogP contribution in [0.5, 0.6) is 0 Å². The van der Waals surface area contributed by atoms with Crippen molar-refractivity contribution in [3.8, 4) is 0 Å². The Kier molecular flexibility index (Phi) is 5.63. The molecule has 0 heterocycles. The summed E-state index contributed by atoms with van der Waals surface area (Å²) in [7, 11) is 0. The van der Waals surface area contributed by atoms with Crippen molar-refractivity contribution in [3.05, 3.63) is 52.5 Å². The van der Waals surface area contributed by atoms with Crippen LogP contribution in [0, 0.1) is 6.92 Å². The fourth-order valence-electron chi connectivity index (χ4n) is 1.80. The van der Waals surface area contributed by atoms with Gasteiger partial charge in [0.05, 0.1) is 0 Å². The number of hydrogen-bond acceptors (Lipinski definition) is 3. The van der Waals surface area contributed by atoms with Crippen LogP contribution in [0.15, 0.2) is 51.8 Å². The Morgan fingerprint density at radius 1 is 1.00 bits per heavy atom. The number of carbonyl (C=O) groups is 2. The number of amides is 2. The number of aryl methyl sites for hydroxylation is 1. The van der Waals surface area contributed by atoms with E-state index in [1.807, 2.05) is 37.4 Å². The summed E-state index contributed by atoms with van der Waals surface area (Å²) >= 11 is 4.96. The monoisotopic (exact) mass is 378 g/mol. The molecule has 0 spiro atoms. The van der Waals surface area contributed by atoms with E-state index in [4.69, 9.17) is 0 Å².